The van der Waals surface area contributed by atoms with Gasteiger partial charge in [-0.1, -0.05) is 41.9 Å². The third-order valence-electron chi connectivity index (χ3n) is 2.90. The van der Waals surface area contributed by atoms with Crippen molar-refractivity contribution in [3.8, 4) is 0 Å². The normalized spacial score (nSPS) is 14.4. The maximum atomic E-state index is 6.01. The van der Waals surface area contributed by atoms with E-state index in [2.05, 4.69) is 17.4 Å². The highest BCUT2D eigenvalue weighted by Gasteiger charge is 2.24. The minimum Gasteiger partial charge on any atom is -0.375 e. The van der Waals surface area contributed by atoms with Crippen molar-refractivity contribution in [3.05, 3.63) is 57.2 Å². The molecule has 1 aromatic heterocycles. The van der Waals surface area contributed by atoms with Crippen LogP contribution in [0.1, 0.15) is 22.6 Å². The van der Waals surface area contributed by atoms with Gasteiger partial charge in [0.1, 0.15) is 6.10 Å². The first-order valence-electron chi connectivity index (χ1n) is 5.76. The smallest absolute Gasteiger partial charge is 0.102 e. The van der Waals surface area contributed by atoms with Crippen molar-refractivity contribution >= 4 is 22.9 Å². The van der Waals surface area contributed by atoms with Crippen LogP contribution in [-0.4, -0.2) is 14.2 Å². The van der Waals surface area contributed by atoms with Crippen LogP contribution in [0.2, 0.25) is 4.34 Å². The summed E-state index contributed by atoms with van der Waals surface area (Å²) in [5.41, 5.74) is 1.16. The predicted octanol–water partition coefficient (Wildman–Crippen LogP) is 4.05. The molecule has 0 spiro atoms. The van der Waals surface area contributed by atoms with Crippen LogP contribution in [0, 0.1) is 0 Å². The molecule has 0 bridgehead atoms. The number of ether oxygens (including phenoxy) is 1. The van der Waals surface area contributed by atoms with E-state index in [9.17, 15) is 0 Å². The fourth-order valence-electron chi connectivity index (χ4n) is 2.05. The average molecular weight is 282 g/mol. The van der Waals surface area contributed by atoms with Gasteiger partial charge in [-0.05, 0) is 24.7 Å². The summed E-state index contributed by atoms with van der Waals surface area (Å²) in [6.45, 7) is 0. The number of methoxy groups -OCH3 is 1. The largest absolute Gasteiger partial charge is 0.375 e. The van der Waals surface area contributed by atoms with Crippen LogP contribution in [-0.2, 0) is 4.74 Å². The van der Waals surface area contributed by atoms with Crippen molar-refractivity contribution in [1.82, 2.24) is 5.32 Å². The van der Waals surface area contributed by atoms with Crippen molar-refractivity contribution in [3.63, 3.8) is 0 Å². The highest BCUT2D eigenvalue weighted by Crippen LogP contribution is 2.36. The molecule has 0 aliphatic carbocycles. The van der Waals surface area contributed by atoms with Gasteiger partial charge in [-0.3, -0.25) is 0 Å². The summed E-state index contributed by atoms with van der Waals surface area (Å²) in [5.74, 6) is 0. The van der Waals surface area contributed by atoms with Crippen molar-refractivity contribution in [1.29, 1.82) is 0 Å². The number of likely N-dealkylation sites (N-methyl/N-ethyl adjacent to an activating group) is 1. The van der Waals surface area contributed by atoms with E-state index in [1.54, 1.807) is 18.4 Å². The Balaban J connectivity index is 2.30. The molecule has 2 aromatic rings. The summed E-state index contributed by atoms with van der Waals surface area (Å²) in [5, 5.41) is 3.31. The standard InChI is InChI=1S/C14H16ClNOS/c1-16-13(11-8-9-12(15)18-11)14(17-2)10-6-4-3-5-7-10/h3-9,13-14,16H,1-2H3. The number of nitrogens with one attached hydrogen (secondary N) is 1. The number of hydrogen-bond donors (Lipinski definition) is 1. The van der Waals surface area contributed by atoms with Crippen molar-refractivity contribution in [2.45, 2.75) is 12.1 Å². The SMILES string of the molecule is CNC(c1ccc(Cl)s1)C(OC)c1ccccc1. The molecule has 4 heteroatoms. The highest BCUT2D eigenvalue weighted by atomic mass is 35.5. The highest BCUT2D eigenvalue weighted by molar-refractivity contribution is 7.16. The number of thiophene rings is 1. The minimum atomic E-state index is -0.0223. The average Bonchev–Trinajstić information content (AvgIpc) is 2.83. The molecule has 2 nitrogen and oxygen atoms in total. The molecule has 0 aliphatic heterocycles. The van der Waals surface area contributed by atoms with E-state index in [4.69, 9.17) is 16.3 Å². The van der Waals surface area contributed by atoms with Gasteiger partial charge in [-0.25, -0.2) is 0 Å². The van der Waals surface area contributed by atoms with E-state index >= 15 is 0 Å². The minimum absolute atomic E-state index is 0.0223. The van der Waals surface area contributed by atoms with E-state index in [1.165, 1.54) is 4.88 Å². The fraction of sp³-hybridized carbons (Fsp3) is 0.286. The molecule has 96 valence electrons. The number of benzene rings is 1. The Hall–Kier alpha value is -0.870. The molecule has 0 saturated carbocycles. The molecule has 0 aliphatic rings. The van der Waals surface area contributed by atoms with E-state index in [0.29, 0.717) is 0 Å². The Labute approximate surface area is 117 Å². The van der Waals surface area contributed by atoms with Gasteiger partial charge in [0.2, 0.25) is 0 Å². The molecule has 0 radical (unpaired) electrons. The number of rotatable bonds is 5. The fourth-order valence-corrected chi connectivity index (χ4v) is 3.24. The molecule has 18 heavy (non-hydrogen) atoms. The predicted molar refractivity (Wildman–Crippen MR) is 77.3 cm³/mol. The van der Waals surface area contributed by atoms with Gasteiger partial charge in [0.25, 0.3) is 0 Å². The van der Waals surface area contributed by atoms with E-state index in [1.807, 2.05) is 37.4 Å². The lowest BCUT2D eigenvalue weighted by molar-refractivity contribution is 0.0713. The van der Waals surface area contributed by atoms with Crippen molar-refractivity contribution in [2.75, 3.05) is 14.2 Å². The van der Waals surface area contributed by atoms with E-state index in [-0.39, 0.29) is 12.1 Å². The zero-order valence-electron chi connectivity index (χ0n) is 10.4. The molecule has 2 rings (SSSR count). The van der Waals surface area contributed by atoms with Gasteiger partial charge < -0.3 is 10.1 Å². The van der Waals surface area contributed by atoms with Gasteiger partial charge in [0, 0.05) is 12.0 Å². The van der Waals surface area contributed by atoms with Gasteiger partial charge in [0.05, 0.1) is 10.4 Å². The zero-order valence-corrected chi connectivity index (χ0v) is 12.0. The van der Waals surface area contributed by atoms with Crippen LogP contribution in [0.4, 0.5) is 0 Å². The Kier molecular flexibility index (Phi) is 4.78. The first kappa shape index (κ1) is 13.6. The molecule has 2 unspecified atom stereocenters. The second-order valence-electron chi connectivity index (χ2n) is 3.98. The van der Waals surface area contributed by atoms with E-state index in [0.717, 1.165) is 9.90 Å². The molecule has 0 amide bonds. The Morgan fingerprint density at radius 1 is 1.17 bits per heavy atom. The van der Waals surface area contributed by atoms with Crippen LogP contribution in [0.3, 0.4) is 0 Å². The van der Waals surface area contributed by atoms with Gasteiger partial charge in [0.15, 0.2) is 0 Å². The van der Waals surface area contributed by atoms with Gasteiger partial charge in [-0.2, -0.15) is 0 Å². The monoisotopic (exact) mass is 281 g/mol. The summed E-state index contributed by atoms with van der Waals surface area (Å²) < 4.78 is 6.45. The molecule has 1 heterocycles. The van der Waals surface area contributed by atoms with Crippen LogP contribution in [0.25, 0.3) is 0 Å². The van der Waals surface area contributed by atoms with Crippen LogP contribution in [0.15, 0.2) is 42.5 Å². The van der Waals surface area contributed by atoms with Crippen molar-refractivity contribution < 1.29 is 4.74 Å². The lowest BCUT2D eigenvalue weighted by atomic mass is 10.0. The third kappa shape index (κ3) is 2.93. The number of hydrogen-bond acceptors (Lipinski definition) is 3. The third-order valence-corrected chi connectivity index (χ3v) is 4.21. The summed E-state index contributed by atoms with van der Waals surface area (Å²) in [7, 11) is 3.67. The maximum absolute atomic E-state index is 6.01. The molecule has 1 aromatic carbocycles. The second-order valence-corrected chi connectivity index (χ2v) is 5.72. The van der Waals surface area contributed by atoms with Gasteiger partial charge in [-0.15, -0.1) is 11.3 Å². The summed E-state index contributed by atoms with van der Waals surface area (Å²) >= 11 is 7.59. The Morgan fingerprint density at radius 3 is 2.39 bits per heavy atom. The van der Waals surface area contributed by atoms with Gasteiger partial charge >= 0.3 is 0 Å². The first-order valence-corrected chi connectivity index (χ1v) is 6.96. The number of halogens is 1. The molecule has 0 saturated heterocycles. The molecule has 2 atom stereocenters. The molecule has 1 N–H and O–H groups in total. The van der Waals surface area contributed by atoms with Crippen LogP contribution >= 0.6 is 22.9 Å². The quantitative estimate of drug-likeness (QED) is 0.893. The topological polar surface area (TPSA) is 21.3 Å². The van der Waals surface area contributed by atoms with Crippen LogP contribution in [0.5, 0.6) is 0 Å². The van der Waals surface area contributed by atoms with E-state index < -0.39 is 0 Å². The Morgan fingerprint density at radius 2 is 1.89 bits per heavy atom. The summed E-state index contributed by atoms with van der Waals surface area (Å²) in [6.07, 6.45) is -0.0223. The zero-order chi connectivity index (χ0) is 13.0. The van der Waals surface area contributed by atoms with Crippen LogP contribution < -0.4 is 5.32 Å². The lowest BCUT2D eigenvalue weighted by Gasteiger charge is -2.25. The molecular formula is C14H16ClNOS. The molecular weight excluding hydrogens is 266 g/mol. The first-order chi connectivity index (χ1) is 8.76. The molecule has 0 fully saturated rings. The lowest BCUT2D eigenvalue weighted by Crippen LogP contribution is -2.24. The Bertz CT molecular complexity index is 486. The second kappa shape index (κ2) is 6.34. The van der Waals surface area contributed by atoms with Crippen molar-refractivity contribution in [2.24, 2.45) is 0 Å². The summed E-state index contributed by atoms with van der Waals surface area (Å²) in [6, 6.07) is 14.3. The maximum Gasteiger partial charge on any atom is 0.102 e. The summed E-state index contributed by atoms with van der Waals surface area (Å²) in [4.78, 5) is 1.18.